The van der Waals surface area contributed by atoms with Gasteiger partial charge in [0.05, 0.1) is 5.02 Å². The number of fused-ring (bicyclic) bond motifs is 2. The second kappa shape index (κ2) is 4.56. The third-order valence-electron chi connectivity index (χ3n) is 3.44. The van der Waals surface area contributed by atoms with Crippen LogP contribution in [0.2, 0.25) is 5.02 Å². The zero-order valence-corrected chi connectivity index (χ0v) is 11.8. The number of rotatable bonds is 1. The first-order valence-electron chi connectivity index (χ1n) is 6.56. The normalized spacial score (nSPS) is 13.6. The number of benzene rings is 1. The minimum absolute atomic E-state index is 0.499. The van der Waals surface area contributed by atoms with Crippen molar-refractivity contribution in [1.82, 2.24) is 9.38 Å². The number of nitrogens with zero attached hydrogens (tertiary/aromatic N) is 2. The van der Waals surface area contributed by atoms with E-state index < -0.39 is 0 Å². The number of aromatic nitrogens is 2. The highest BCUT2D eigenvalue weighted by molar-refractivity contribution is 6.32. The van der Waals surface area contributed by atoms with E-state index in [4.69, 9.17) is 26.8 Å². The number of nitrogens with two attached hydrogens (primary N) is 1. The van der Waals surface area contributed by atoms with E-state index in [0.717, 1.165) is 11.2 Å². The quantitative estimate of drug-likeness (QED) is 0.750. The lowest BCUT2D eigenvalue weighted by atomic mass is 10.1. The molecule has 5 nitrogen and oxygen atoms in total. The summed E-state index contributed by atoms with van der Waals surface area (Å²) in [5.41, 5.74) is 8.46. The van der Waals surface area contributed by atoms with E-state index in [1.807, 2.05) is 34.9 Å². The summed E-state index contributed by atoms with van der Waals surface area (Å²) < 4.78 is 12.9. The second-order valence-corrected chi connectivity index (χ2v) is 5.16. The highest BCUT2D eigenvalue weighted by Gasteiger charge is 2.19. The molecule has 3 aromatic rings. The number of halogens is 1. The molecule has 0 atom stereocenters. The van der Waals surface area contributed by atoms with Gasteiger partial charge in [0.25, 0.3) is 0 Å². The Morgan fingerprint density at radius 3 is 2.90 bits per heavy atom. The summed E-state index contributed by atoms with van der Waals surface area (Å²) in [7, 11) is 0. The lowest BCUT2D eigenvalue weighted by molar-refractivity contribution is 0.172. The van der Waals surface area contributed by atoms with E-state index in [2.05, 4.69) is 4.98 Å². The fraction of sp³-hybridized carbons (Fsp3) is 0.133. The van der Waals surface area contributed by atoms with Gasteiger partial charge in [-0.05, 0) is 24.3 Å². The van der Waals surface area contributed by atoms with Gasteiger partial charge in [-0.25, -0.2) is 4.98 Å². The zero-order chi connectivity index (χ0) is 14.4. The smallest absolute Gasteiger partial charge is 0.179 e. The Labute approximate surface area is 125 Å². The summed E-state index contributed by atoms with van der Waals surface area (Å²) >= 11 is 6.27. The fourth-order valence-electron chi connectivity index (χ4n) is 2.47. The SMILES string of the molecule is Nc1c(-c2cc(Cl)c3c(c2)OCCO3)nc2ccccn12. The summed E-state index contributed by atoms with van der Waals surface area (Å²) in [6.45, 7) is 1.01. The van der Waals surface area contributed by atoms with E-state index in [1.54, 1.807) is 6.07 Å². The molecule has 0 spiro atoms. The van der Waals surface area contributed by atoms with Crippen LogP contribution >= 0.6 is 11.6 Å². The number of ether oxygens (including phenoxy) is 2. The molecule has 0 radical (unpaired) electrons. The van der Waals surface area contributed by atoms with Crippen molar-refractivity contribution < 1.29 is 9.47 Å². The maximum Gasteiger partial charge on any atom is 0.179 e. The van der Waals surface area contributed by atoms with Crippen molar-refractivity contribution >= 4 is 23.1 Å². The van der Waals surface area contributed by atoms with Crippen molar-refractivity contribution in [3.8, 4) is 22.8 Å². The van der Waals surface area contributed by atoms with Crippen LogP contribution in [0.5, 0.6) is 11.5 Å². The molecule has 0 fully saturated rings. The van der Waals surface area contributed by atoms with Gasteiger partial charge in [0.2, 0.25) is 0 Å². The van der Waals surface area contributed by atoms with E-state index in [-0.39, 0.29) is 0 Å². The Morgan fingerprint density at radius 1 is 1.19 bits per heavy atom. The molecule has 2 aromatic heterocycles. The lowest BCUT2D eigenvalue weighted by Crippen LogP contribution is -2.15. The van der Waals surface area contributed by atoms with Crippen LogP contribution in [-0.4, -0.2) is 22.6 Å². The number of pyridine rings is 1. The maximum absolute atomic E-state index is 6.27. The van der Waals surface area contributed by atoms with Crippen molar-refractivity contribution in [3.63, 3.8) is 0 Å². The molecule has 21 heavy (non-hydrogen) atoms. The first kappa shape index (κ1) is 12.3. The number of nitrogen functional groups attached to an aromatic ring is 1. The molecule has 0 amide bonds. The second-order valence-electron chi connectivity index (χ2n) is 4.76. The molecule has 2 N–H and O–H groups in total. The predicted molar refractivity (Wildman–Crippen MR) is 81.0 cm³/mol. The average molecular weight is 302 g/mol. The Bertz CT molecular complexity index is 844. The van der Waals surface area contributed by atoms with Gasteiger partial charge in [-0.3, -0.25) is 4.40 Å². The molecular weight excluding hydrogens is 290 g/mol. The molecule has 0 aliphatic carbocycles. The van der Waals surface area contributed by atoms with E-state index in [0.29, 0.717) is 41.2 Å². The zero-order valence-electron chi connectivity index (χ0n) is 11.0. The minimum Gasteiger partial charge on any atom is -0.486 e. The van der Waals surface area contributed by atoms with Crippen LogP contribution in [-0.2, 0) is 0 Å². The number of hydrogen-bond acceptors (Lipinski definition) is 4. The number of anilines is 1. The van der Waals surface area contributed by atoms with Crippen molar-refractivity contribution in [3.05, 3.63) is 41.6 Å². The molecule has 0 bridgehead atoms. The third-order valence-corrected chi connectivity index (χ3v) is 3.72. The van der Waals surface area contributed by atoms with Crippen molar-refractivity contribution in [1.29, 1.82) is 0 Å². The molecule has 106 valence electrons. The molecule has 1 aromatic carbocycles. The maximum atomic E-state index is 6.27. The molecule has 0 saturated heterocycles. The summed E-state index contributed by atoms with van der Waals surface area (Å²) in [6, 6.07) is 9.39. The van der Waals surface area contributed by atoms with Crippen LogP contribution in [0.4, 0.5) is 5.82 Å². The van der Waals surface area contributed by atoms with Crippen molar-refractivity contribution in [2.75, 3.05) is 18.9 Å². The van der Waals surface area contributed by atoms with E-state index in [1.165, 1.54) is 0 Å². The molecule has 6 heteroatoms. The van der Waals surface area contributed by atoms with Gasteiger partial charge < -0.3 is 15.2 Å². The summed E-state index contributed by atoms with van der Waals surface area (Å²) in [4.78, 5) is 4.56. The molecule has 1 aliphatic heterocycles. The Kier molecular flexibility index (Phi) is 2.68. The molecule has 0 saturated carbocycles. The topological polar surface area (TPSA) is 61.8 Å². The van der Waals surface area contributed by atoms with Crippen LogP contribution in [0.3, 0.4) is 0 Å². The monoisotopic (exact) mass is 301 g/mol. The largest absolute Gasteiger partial charge is 0.486 e. The van der Waals surface area contributed by atoms with Crippen LogP contribution in [0.1, 0.15) is 0 Å². The highest BCUT2D eigenvalue weighted by Crippen LogP contribution is 2.41. The molecule has 0 unspecified atom stereocenters. The van der Waals surface area contributed by atoms with Crippen LogP contribution in [0.25, 0.3) is 16.9 Å². The first-order chi connectivity index (χ1) is 10.2. The van der Waals surface area contributed by atoms with Gasteiger partial charge in [-0.1, -0.05) is 17.7 Å². The highest BCUT2D eigenvalue weighted by atomic mass is 35.5. The van der Waals surface area contributed by atoms with Crippen LogP contribution in [0.15, 0.2) is 36.5 Å². The third kappa shape index (κ3) is 1.89. The van der Waals surface area contributed by atoms with Crippen LogP contribution in [0, 0.1) is 0 Å². The van der Waals surface area contributed by atoms with Crippen LogP contribution < -0.4 is 15.2 Å². The van der Waals surface area contributed by atoms with Gasteiger partial charge in [0.1, 0.15) is 30.4 Å². The fourth-order valence-corrected chi connectivity index (χ4v) is 2.74. The van der Waals surface area contributed by atoms with Gasteiger partial charge in [-0.15, -0.1) is 0 Å². The number of imidazole rings is 1. The van der Waals surface area contributed by atoms with Gasteiger partial charge in [0, 0.05) is 11.8 Å². The Balaban J connectivity index is 1.92. The van der Waals surface area contributed by atoms with E-state index in [9.17, 15) is 0 Å². The van der Waals surface area contributed by atoms with Crippen molar-refractivity contribution in [2.45, 2.75) is 0 Å². The van der Waals surface area contributed by atoms with Gasteiger partial charge in [0.15, 0.2) is 11.5 Å². The Hall–Kier alpha value is -2.40. The average Bonchev–Trinajstić information content (AvgIpc) is 2.85. The standard InChI is InChI=1S/C15H12ClN3O2/c16-10-7-9(8-11-14(10)21-6-5-20-11)13-15(17)19-4-2-1-3-12(19)18-13/h1-4,7-8H,5-6,17H2. The number of hydrogen-bond donors (Lipinski definition) is 1. The molecule has 4 rings (SSSR count). The Morgan fingerprint density at radius 2 is 2.05 bits per heavy atom. The van der Waals surface area contributed by atoms with Gasteiger partial charge in [-0.2, -0.15) is 0 Å². The van der Waals surface area contributed by atoms with Crippen molar-refractivity contribution in [2.24, 2.45) is 0 Å². The summed E-state index contributed by atoms with van der Waals surface area (Å²) in [5, 5.41) is 0.499. The first-order valence-corrected chi connectivity index (χ1v) is 6.94. The minimum atomic E-state index is 0.499. The molecule has 3 heterocycles. The van der Waals surface area contributed by atoms with E-state index >= 15 is 0 Å². The molecular formula is C15H12ClN3O2. The predicted octanol–water partition coefficient (Wildman–Crippen LogP) is 3.01. The summed E-state index contributed by atoms with van der Waals surface area (Å²) in [6.07, 6.45) is 1.88. The molecule has 1 aliphatic rings. The lowest BCUT2D eigenvalue weighted by Gasteiger charge is -2.20. The summed E-state index contributed by atoms with van der Waals surface area (Å²) in [5.74, 6) is 1.77. The van der Waals surface area contributed by atoms with Gasteiger partial charge >= 0.3 is 0 Å².